The van der Waals surface area contributed by atoms with Crippen LogP contribution in [0.5, 0.6) is 0 Å². The largest absolute Gasteiger partial charge is 0.350 e. The minimum atomic E-state index is -0.0587. The quantitative estimate of drug-likeness (QED) is 0.770. The Kier molecular flexibility index (Phi) is 5.35. The lowest BCUT2D eigenvalue weighted by Crippen LogP contribution is -2.36. The average Bonchev–Trinajstić information content (AvgIpc) is 2.35. The molecule has 0 aromatic heterocycles. The maximum Gasteiger partial charge on any atom is 0.251 e. The Morgan fingerprint density at radius 3 is 2.56 bits per heavy atom. The van der Waals surface area contributed by atoms with Gasteiger partial charge in [0.05, 0.1) is 0 Å². The number of amides is 1. The summed E-state index contributed by atoms with van der Waals surface area (Å²) in [4.78, 5) is 12.8. The van der Waals surface area contributed by atoms with Gasteiger partial charge < -0.3 is 11.1 Å². The van der Waals surface area contributed by atoms with Crippen LogP contribution in [0.4, 0.5) is 0 Å². The van der Waals surface area contributed by atoms with Gasteiger partial charge in [-0.2, -0.15) is 0 Å². The summed E-state index contributed by atoms with van der Waals surface area (Å²) in [7, 11) is 0. The lowest BCUT2D eigenvalue weighted by molar-refractivity contribution is 0.0951. The minimum Gasteiger partial charge on any atom is -0.350 e. The van der Waals surface area contributed by atoms with Gasteiger partial charge in [0, 0.05) is 23.0 Å². The molecule has 4 heteroatoms. The molecule has 1 rings (SSSR count). The van der Waals surface area contributed by atoms with Gasteiger partial charge in [-0.15, -0.1) is 11.8 Å². The summed E-state index contributed by atoms with van der Waals surface area (Å²) in [6, 6.07) is 7.59. The summed E-state index contributed by atoms with van der Waals surface area (Å²) in [5, 5.41) is 2.82. The molecule has 0 saturated heterocycles. The first-order chi connectivity index (χ1) is 7.67. The topological polar surface area (TPSA) is 55.1 Å². The molecule has 16 heavy (non-hydrogen) atoms. The van der Waals surface area contributed by atoms with E-state index in [1.54, 1.807) is 11.8 Å². The highest BCUT2D eigenvalue weighted by molar-refractivity contribution is 7.98. The number of benzene rings is 1. The van der Waals surface area contributed by atoms with E-state index >= 15 is 0 Å². The third-order valence-electron chi connectivity index (χ3n) is 2.40. The van der Waals surface area contributed by atoms with E-state index in [-0.39, 0.29) is 11.9 Å². The van der Waals surface area contributed by atoms with Crippen molar-refractivity contribution >= 4 is 17.7 Å². The molecule has 0 spiro atoms. The fraction of sp³-hybridized carbons (Fsp3) is 0.417. The van der Waals surface area contributed by atoms with Gasteiger partial charge >= 0.3 is 0 Å². The molecular formula is C12H18N2OS. The van der Waals surface area contributed by atoms with E-state index < -0.39 is 0 Å². The van der Waals surface area contributed by atoms with Crippen molar-refractivity contribution < 1.29 is 4.79 Å². The molecule has 0 aliphatic carbocycles. The van der Waals surface area contributed by atoms with Crippen LogP contribution < -0.4 is 11.1 Å². The molecule has 0 aliphatic heterocycles. The Labute approximate surface area is 101 Å². The van der Waals surface area contributed by atoms with Crippen molar-refractivity contribution in [2.45, 2.75) is 24.3 Å². The Balaban J connectivity index is 2.52. The predicted molar refractivity (Wildman–Crippen MR) is 68.8 cm³/mol. The first-order valence-electron chi connectivity index (χ1n) is 5.35. The fourth-order valence-corrected chi connectivity index (χ4v) is 1.62. The number of carbonyl (C=O) groups excluding carboxylic acids is 1. The Morgan fingerprint density at radius 2 is 2.06 bits per heavy atom. The summed E-state index contributed by atoms with van der Waals surface area (Å²) in [6.07, 6.45) is 2.88. The maximum atomic E-state index is 11.7. The SMILES string of the molecule is CCC(N)CNC(=O)c1ccc(SC)cc1. The van der Waals surface area contributed by atoms with E-state index in [4.69, 9.17) is 5.73 Å². The Bertz CT molecular complexity index is 337. The number of nitrogens with one attached hydrogen (secondary N) is 1. The molecule has 0 aliphatic rings. The second-order valence-corrected chi connectivity index (χ2v) is 4.49. The highest BCUT2D eigenvalue weighted by atomic mass is 32.2. The monoisotopic (exact) mass is 238 g/mol. The molecule has 0 bridgehead atoms. The number of rotatable bonds is 5. The van der Waals surface area contributed by atoms with Crippen LogP contribution in [0, 0.1) is 0 Å². The van der Waals surface area contributed by atoms with E-state index in [1.165, 1.54) is 0 Å². The smallest absolute Gasteiger partial charge is 0.251 e. The van der Waals surface area contributed by atoms with Crippen molar-refractivity contribution in [1.29, 1.82) is 0 Å². The zero-order valence-electron chi connectivity index (χ0n) is 9.69. The number of hydrogen-bond donors (Lipinski definition) is 2. The van der Waals surface area contributed by atoms with Crippen LogP contribution in [0.25, 0.3) is 0 Å². The number of thioether (sulfide) groups is 1. The lowest BCUT2D eigenvalue weighted by atomic mass is 10.2. The van der Waals surface area contributed by atoms with Crippen LogP contribution in [0.1, 0.15) is 23.7 Å². The third-order valence-corrected chi connectivity index (χ3v) is 3.14. The molecule has 1 atom stereocenters. The van der Waals surface area contributed by atoms with Crippen LogP contribution in [-0.2, 0) is 0 Å². The second-order valence-electron chi connectivity index (χ2n) is 3.61. The van der Waals surface area contributed by atoms with Gasteiger partial charge in [0.15, 0.2) is 0 Å². The Hall–Kier alpha value is -1.00. The molecule has 0 saturated carbocycles. The third kappa shape index (κ3) is 3.87. The molecule has 0 radical (unpaired) electrons. The van der Waals surface area contributed by atoms with Gasteiger partial charge in [0.25, 0.3) is 5.91 Å². The molecule has 1 unspecified atom stereocenters. The average molecular weight is 238 g/mol. The fourth-order valence-electron chi connectivity index (χ4n) is 1.21. The van der Waals surface area contributed by atoms with E-state index in [0.29, 0.717) is 12.1 Å². The molecule has 3 N–H and O–H groups in total. The molecule has 88 valence electrons. The van der Waals surface area contributed by atoms with Crippen molar-refractivity contribution in [1.82, 2.24) is 5.32 Å². The van der Waals surface area contributed by atoms with Gasteiger partial charge in [0.1, 0.15) is 0 Å². The first-order valence-corrected chi connectivity index (χ1v) is 6.57. The van der Waals surface area contributed by atoms with E-state index in [0.717, 1.165) is 11.3 Å². The van der Waals surface area contributed by atoms with E-state index in [1.807, 2.05) is 37.4 Å². The standard InChI is InChI=1S/C12H18N2OS/c1-3-10(13)8-14-12(15)9-4-6-11(16-2)7-5-9/h4-7,10H,3,8,13H2,1-2H3,(H,14,15). The first kappa shape index (κ1) is 13.1. The molecule has 1 aromatic carbocycles. The molecular weight excluding hydrogens is 220 g/mol. The van der Waals surface area contributed by atoms with Gasteiger partial charge in [-0.3, -0.25) is 4.79 Å². The van der Waals surface area contributed by atoms with Crippen LogP contribution in [-0.4, -0.2) is 24.7 Å². The van der Waals surface area contributed by atoms with Crippen molar-refractivity contribution in [3.8, 4) is 0 Å². The van der Waals surface area contributed by atoms with Gasteiger partial charge in [-0.25, -0.2) is 0 Å². The molecule has 0 heterocycles. The molecule has 1 aromatic rings. The van der Waals surface area contributed by atoms with Crippen molar-refractivity contribution in [2.24, 2.45) is 5.73 Å². The van der Waals surface area contributed by atoms with Gasteiger partial charge in [-0.05, 0) is 36.9 Å². The summed E-state index contributed by atoms with van der Waals surface area (Å²) in [6.45, 7) is 2.53. The van der Waals surface area contributed by atoms with Gasteiger partial charge in [0.2, 0.25) is 0 Å². The van der Waals surface area contributed by atoms with Crippen LogP contribution in [0.2, 0.25) is 0 Å². The van der Waals surface area contributed by atoms with Crippen LogP contribution >= 0.6 is 11.8 Å². The summed E-state index contributed by atoms with van der Waals surface area (Å²) in [5.74, 6) is -0.0587. The number of nitrogens with two attached hydrogens (primary N) is 1. The molecule has 0 fully saturated rings. The number of hydrogen-bond acceptors (Lipinski definition) is 3. The zero-order valence-corrected chi connectivity index (χ0v) is 10.5. The summed E-state index contributed by atoms with van der Waals surface area (Å²) in [5.41, 5.74) is 6.41. The van der Waals surface area contributed by atoms with Crippen molar-refractivity contribution in [3.63, 3.8) is 0 Å². The summed E-state index contributed by atoms with van der Waals surface area (Å²) < 4.78 is 0. The molecule has 1 amide bonds. The predicted octanol–water partition coefficient (Wildman–Crippen LogP) is 1.88. The second kappa shape index (κ2) is 6.55. The van der Waals surface area contributed by atoms with E-state index in [2.05, 4.69) is 5.32 Å². The highest BCUT2D eigenvalue weighted by Gasteiger charge is 2.06. The maximum absolute atomic E-state index is 11.7. The normalized spacial score (nSPS) is 12.2. The van der Waals surface area contributed by atoms with Crippen LogP contribution in [0.15, 0.2) is 29.2 Å². The number of carbonyl (C=O) groups is 1. The van der Waals surface area contributed by atoms with Crippen molar-refractivity contribution in [2.75, 3.05) is 12.8 Å². The summed E-state index contributed by atoms with van der Waals surface area (Å²) >= 11 is 1.66. The highest BCUT2D eigenvalue weighted by Crippen LogP contribution is 2.14. The van der Waals surface area contributed by atoms with Crippen LogP contribution in [0.3, 0.4) is 0 Å². The molecule has 3 nitrogen and oxygen atoms in total. The van der Waals surface area contributed by atoms with E-state index in [9.17, 15) is 4.79 Å². The Morgan fingerprint density at radius 1 is 1.44 bits per heavy atom. The van der Waals surface area contributed by atoms with Crippen molar-refractivity contribution in [3.05, 3.63) is 29.8 Å². The van der Waals surface area contributed by atoms with Gasteiger partial charge in [-0.1, -0.05) is 6.92 Å². The minimum absolute atomic E-state index is 0.0365. The lowest BCUT2D eigenvalue weighted by Gasteiger charge is -2.10. The zero-order chi connectivity index (χ0) is 12.0.